The van der Waals surface area contributed by atoms with Crippen LogP contribution in [0.2, 0.25) is 0 Å². The Labute approximate surface area is 122 Å². The van der Waals surface area contributed by atoms with Crippen molar-refractivity contribution in [3.8, 4) is 0 Å². The van der Waals surface area contributed by atoms with Crippen LogP contribution < -0.4 is 5.32 Å². The first-order valence-corrected chi connectivity index (χ1v) is 6.67. The molecule has 1 fully saturated rings. The molecule has 2 N–H and O–H groups in total. The van der Waals surface area contributed by atoms with Crippen LogP contribution in [0.1, 0.15) is 23.4 Å². The van der Waals surface area contributed by atoms with Gasteiger partial charge in [0.05, 0.1) is 12.3 Å². The maximum absolute atomic E-state index is 12.0. The second-order valence-corrected chi connectivity index (χ2v) is 5.22. The Morgan fingerprint density at radius 3 is 2.67 bits per heavy atom. The predicted molar refractivity (Wildman–Crippen MR) is 75.7 cm³/mol. The van der Waals surface area contributed by atoms with Crippen molar-refractivity contribution in [1.29, 1.82) is 0 Å². The van der Waals surface area contributed by atoms with Crippen LogP contribution in [0, 0.1) is 13.8 Å². The van der Waals surface area contributed by atoms with Crippen molar-refractivity contribution in [3.63, 3.8) is 0 Å². The van der Waals surface area contributed by atoms with Gasteiger partial charge < -0.3 is 15.2 Å². The van der Waals surface area contributed by atoms with Crippen molar-refractivity contribution in [2.45, 2.75) is 25.8 Å². The summed E-state index contributed by atoms with van der Waals surface area (Å²) in [6, 6.07) is 0. The van der Waals surface area contributed by atoms with Gasteiger partial charge in [0.15, 0.2) is 5.54 Å². The molecule has 0 saturated carbocycles. The molecule has 1 aliphatic heterocycles. The molecule has 7 heteroatoms. The van der Waals surface area contributed by atoms with E-state index in [1.807, 2.05) is 20.9 Å². The molecular formula is C14H19N3O4. The average Bonchev–Trinajstić information content (AvgIpc) is 2.96. The van der Waals surface area contributed by atoms with Crippen LogP contribution in [0.4, 0.5) is 0 Å². The van der Waals surface area contributed by atoms with Crippen LogP contribution in [0.5, 0.6) is 0 Å². The number of carbonyl (C=O) groups excluding carboxylic acids is 1. The van der Waals surface area contributed by atoms with Crippen LogP contribution >= 0.6 is 0 Å². The summed E-state index contributed by atoms with van der Waals surface area (Å²) in [6.07, 6.45) is 3.26. The first kappa shape index (κ1) is 15.2. The number of hydrogen-bond donors (Lipinski definition) is 2. The van der Waals surface area contributed by atoms with E-state index in [1.54, 1.807) is 10.8 Å². The number of nitrogens with zero attached hydrogens (tertiary/aromatic N) is 2. The molecule has 1 aromatic heterocycles. The van der Waals surface area contributed by atoms with Crippen molar-refractivity contribution in [2.24, 2.45) is 7.05 Å². The molecule has 0 spiro atoms. The maximum atomic E-state index is 12.0. The second kappa shape index (κ2) is 5.69. The van der Waals surface area contributed by atoms with E-state index in [-0.39, 0.29) is 13.0 Å². The first-order valence-electron chi connectivity index (χ1n) is 6.67. The number of nitrogens with one attached hydrogen (secondary N) is 1. The summed E-state index contributed by atoms with van der Waals surface area (Å²) in [5, 5.41) is 16.0. The predicted octanol–water partition coefficient (Wildman–Crippen LogP) is 0.410. The van der Waals surface area contributed by atoms with Gasteiger partial charge in [0.2, 0.25) is 5.91 Å². The third-order valence-electron chi connectivity index (χ3n) is 3.76. The SMILES string of the molecule is Cc1nn(C)c(C)c1C=CC(=O)NC1(C(=O)O)CCOC1. The number of ether oxygens (including phenoxy) is 1. The lowest BCUT2D eigenvalue weighted by Gasteiger charge is -2.22. The molecule has 1 atom stereocenters. The van der Waals surface area contributed by atoms with Gasteiger partial charge >= 0.3 is 5.97 Å². The fourth-order valence-corrected chi connectivity index (χ4v) is 2.35. The standard InChI is InChI=1S/C14H19N3O4/c1-9-11(10(2)17(3)16-9)4-5-12(18)15-14(13(19)20)6-7-21-8-14/h4-5H,6-8H2,1-3H3,(H,15,18)(H,19,20). The monoisotopic (exact) mass is 293 g/mol. The normalized spacial score (nSPS) is 21.9. The van der Waals surface area contributed by atoms with E-state index in [0.717, 1.165) is 17.0 Å². The summed E-state index contributed by atoms with van der Waals surface area (Å²) < 4.78 is 6.83. The van der Waals surface area contributed by atoms with Crippen LogP contribution in [-0.2, 0) is 21.4 Å². The van der Waals surface area contributed by atoms with Crippen molar-refractivity contribution in [1.82, 2.24) is 15.1 Å². The number of carbonyl (C=O) groups is 2. The van der Waals surface area contributed by atoms with Gasteiger partial charge in [0.25, 0.3) is 0 Å². The van der Waals surface area contributed by atoms with Crippen molar-refractivity contribution in [3.05, 3.63) is 23.0 Å². The van der Waals surface area contributed by atoms with Crippen LogP contribution in [0.3, 0.4) is 0 Å². The number of aromatic nitrogens is 2. The molecule has 0 aromatic carbocycles. The zero-order chi connectivity index (χ0) is 15.6. The Kier molecular flexibility index (Phi) is 4.13. The largest absolute Gasteiger partial charge is 0.479 e. The molecule has 0 bridgehead atoms. The maximum Gasteiger partial charge on any atom is 0.331 e. The minimum absolute atomic E-state index is 0.00708. The van der Waals surface area contributed by atoms with Gasteiger partial charge in [-0.15, -0.1) is 0 Å². The van der Waals surface area contributed by atoms with E-state index in [9.17, 15) is 14.7 Å². The quantitative estimate of drug-likeness (QED) is 0.784. The topological polar surface area (TPSA) is 93.5 Å². The smallest absolute Gasteiger partial charge is 0.331 e. The van der Waals surface area contributed by atoms with E-state index in [2.05, 4.69) is 10.4 Å². The van der Waals surface area contributed by atoms with Crippen molar-refractivity contribution < 1.29 is 19.4 Å². The number of rotatable bonds is 4. The summed E-state index contributed by atoms with van der Waals surface area (Å²) in [5.41, 5.74) is 1.30. The molecular weight excluding hydrogens is 274 g/mol. The van der Waals surface area contributed by atoms with E-state index in [4.69, 9.17) is 4.74 Å². The molecule has 2 rings (SSSR count). The molecule has 1 unspecified atom stereocenters. The highest BCUT2D eigenvalue weighted by molar-refractivity contribution is 5.96. The van der Waals surface area contributed by atoms with E-state index in [0.29, 0.717) is 6.61 Å². The number of aliphatic carboxylic acids is 1. The first-order chi connectivity index (χ1) is 9.85. The van der Waals surface area contributed by atoms with Gasteiger partial charge in [0.1, 0.15) is 0 Å². The summed E-state index contributed by atoms with van der Waals surface area (Å²) in [7, 11) is 1.83. The van der Waals surface area contributed by atoms with E-state index < -0.39 is 17.4 Å². The summed E-state index contributed by atoms with van der Waals surface area (Å²) in [4.78, 5) is 23.3. The third kappa shape index (κ3) is 2.97. The number of aryl methyl sites for hydroxylation is 2. The number of amides is 1. The van der Waals surface area contributed by atoms with Gasteiger partial charge in [-0.2, -0.15) is 5.10 Å². The van der Waals surface area contributed by atoms with Gasteiger partial charge in [0, 0.05) is 37.4 Å². The third-order valence-corrected chi connectivity index (χ3v) is 3.76. The lowest BCUT2D eigenvalue weighted by atomic mass is 9.99. The van der Waals surface area contributed by atoms with Crippen LogP contribution in [0.25, 0.3) is 6.08 Å². The Hall–Kier alpha value is -2.15. The molecule has 1 saturated heterocycles. The molecule has 0 aliphatic carbocycles. The Morgan fingerprint density at radius 2 is 2.19 bits per heavy atom. The lowest BCUT2D eigenvalue weighted by molar-refractivity contribution is -0.147. The van der Waals surface area contributed by atoms with Crippen molar-refractivity contribution in [2.75, 3.05) is 13.2 Å². The number of hydrogen-bond acceptors (Lipinski definition) is 4. The fourth-order valence-electron chi connectivity index (χ4n) is 2.35. The highest BCUT2D eigenvalue weighted by atomic mass is 16.5. The molecule has 1 aromatic rings. The van der Waals surface area contributed by atoms with Crippen LogP contribution in [0.15, 0.2) is 6.08 Å². The molecule has 1 aliphatic rings. The Balaban J connectivity index is 2.11. The van der Waals surface area contributed by atoms with E-state index in [1.165, 1.54) is 6.08 Å². The highest BCUT2D eigenvalue weighted by Crippen LogP contribution is 2.19. The summed E-state index contributed by atoms with van der Waals surface area (Å²) >= 11 is 0. The molecule has 7 nitrogen and oxygen atoms in total. The molecule has 2 heterocycles. The lowest BCUT2D eigenvalue weighted by Crippen LogP contribution is -2.54. The van der Waals surface area contributed by atoms with Crippen LogP contribution in [-0.4, -0.2) is 45.5 Å². The number of carboxylic acids is 1. The zero-order valence-electron chi connectivity index (χ0n) is 12.3. The average molecular weight is 293 g/mol. The second-order valence-electron chi connectivity index (χ2n) is 5.22. The van der Waals surface area contributed by atoms with E-state index >= 15 is 0 Å². The highest BCUT2D eigenvalue weighted by Gasteiger charge is 2.43. The Bertz CT molecular complexity index is 598. The zero-order valence-corrected chi connectivity index (χ0v) is 12.3. The van der Waals surface area contributed by atoms with Gasteiger partial charge in [-0.25, -0.2) is 4.79 Å². The van der Waals surface area contributed by atoms with Gasteiger partial charge in [-0.05, 0) is 19.9 Å². The molecule has 114 valence electrons. The number of carboxylic acid groups (broad SMARTS) is 1. The molecule has 0 radical (unpaired) electrons. The van der Waals surface area contributed by atoms with Gasteiger partial charge in [-0.3, -0.25) is 9.48 Å². The van der Waals surface area contributed by atoms with Gasteiger partial charge in [-0.1, -0.05) is 0 Å². The molecule has 21 heavy (non-hydrogen) atoms. The fraction of sp³-hybridized carbons (Fsp3) is 0.500. The minimum Gasteiger partial charge on any atom is -0.479 e. The van der Waals surface area contributed by atoms with Crippen molar-refractivity contribution >= 4 is 18.0 Å². The summed E-state index contributed by atoms with van der Waals surface area (Å²) in [6.45, 7) is 4.08. The minimum atomic E-state index is -1.32. The molecule has 1 amide bonds. The Morgan fingerprint density at radius 1 is 1.48 bits per heavy atom. The summed E-state index contributed by atoms with van der Waals surface area (Å²) in [5.74, 6) is -1.53.